The first-order valence-corrected chi connectivity index (χ1v) is 6.11. The van der Waals surface area contributed by atoms with E-state index in [1.807, 2.05) is 55.5 Å². The van der Waals surface area contributed by atoms with Gasteiger partial charge in [-0.3, -0.25) is 0 Å². The highest BCUT2D eigenvalue weighted by Crippen LogP contribution is 2.27. The predicted octanol–water partition coefficient (Wildman–Crippen LogP) is 3.90. The van der Waals surface area contributed by atoms with Crippen molar-refractivity contribution in [1.29, 1.82) is 0 Å². The lowest BCUT2D eigenvalue weighted by atomic mass is 10.1. The molecule has 0 radical (unpaired) electrons. The van der Waals surface area contributed by atoms with E-state index in [1.165, 1.54) is 0 Å². The number of oxazole rings is 1. The number of nitrogen functional groups attached to an aromatic ring is 1. The lowest BCUT2D eigenvalue weighted by Crippen LogP contribution is -1.87. The second-order valence-electron chi connectivity index (χ2n) is 4.53. The highest BCUT2D eigenvalue weighted by Gasteiger charge is 2.09. The first kappa shape index (κ1) is 11.5. The molecule has 94 valence electrons. The summed E-state index contributed by atoms with van der Waals surface area (Å²) in [6.07, 6.45) is 1.74. The van der Waals surface area contributed by atoms with E-state index in [4.69, 9.17) is 10.2 Å². The third-order valence-corrected chi connectivity index (χ3v) is 2.91. The van der Waals surface area contributed by atoms with Crippen molar-refractivity contribution < 1.29 is 4.42 Å². The van der Waals surface area contributed by atoms with E-state index in [0.717, 1.165) is 28.1 Å². The van der Waals surface area contributed by atoms with Crippen molar-refractivity contribution >= 4 is 5.69 Å². The van der Waals surface area contributed by atoms with Crippen molar-refractivity contribution in [3.63, 3.8) is 0 Å². The molecule has 1 aromatic heterocycles. The van der Waals surface area contributed by atoms with Gasteiger partial charge >= 0.3 is 0 Å². The van der Waals surface area contributed by atoms with Crippen molar-refractivity contribution in [2.75, 3.05) is 5.73 Å². The third-order valence-electron chi connectivity index (χ3n) is 2.91. The standard InChI is InChI=1S/C16H14N2O/c1-11-7-13(9-14(17)8-11)16-18-10-15(19-16)12-5-3-2-4-6-12/h2-10H,17H2,1H3. The molecule has 3 aromatic rings. The van der Waals surface area contributed by atoms with Gasteiger partial charge in [0, 0.05) is 16.8 Å². The molecule has 0 amide bonds. The van der Waals surface area contributed by atoms with Crippen LogP contribution < -0.4 is 5.73 Å². The molecule has 0 saturated carbocycles. The van der Waals surface area contributed by atoms with Gasteiger partial charge < -0.3 is 10.2 Å². The van der Waals surface area contributed by atoms with E-state index >= 15 is 0 Å². The molecule has 0 bridgehead atoms. The van der Waals surface area contributed by atoms with E-state index in [1.54, 1.807) is 6.20 Å². The Hall–Kier alpha value is -2.55. The Kier molecular flexibility index (Phi) is 2.80. The van der Waals surface area contributed by atoms with Crippen LogP contribution in [0.1, 0.15) is 5.56 Å². The highest BCUT2D eigenvalue weighted by atomic mass is 16.4. The van der Waals surface area contributed by atoms with E-state index in [-0.39, 0.29) is 0 Å². The fourth-order valence-corrected chi connectivity index (χ4v) is 2.08. The molecule has 3 nitrogen and oxygen atoms in total. The molecule has 19 heavy (non-hydrogen) atoms. The smallest absolute Gasteiger partial charge is 0.226 e. The van der Waals surface area contributed by atoms with Crippen molar-refractivity contribution in [3.05, 3.63) is 60.3 Å². The van der Waals surface area contributed by atoms with Crippen LogP contribution in [0.4, 0.5) is 5.69 Å². The van der Waals surface area contributed by atoms with Gasteiger partial charge in [0.15, 0.2) is 5.76 Å². The molecule has 0 fully saturated rings. The van der Waals surface area contributed by atoms with Crippen LogP contribution in [0, 0.1) is 6.92 Å². The summed E-state index contributed by atoms with van der Waals surface area (Å²) in [6.45, 7) is 2.00. The van der Waals surface area contributed by atoms with Gasteiger partial charge in [0.2, 0.25) is 5.89 Å². The van der Waals surface area contributed by atoms with Crippen LogP contribution >= 0.6 is 0 Å². The van der Waals surface area contributed by atoms with Crippen LogP contribution in [0.3, 0.4) is 0 Å². The van der Waals surface area contributed by atoms with Crippen molar-refractivity contribution in [2.45, 2.75) is 6.92 Å². The minimum Gasteiger partial charge on any atom is -0.436 e. The third kappa shape index (κ3) is 2.36. The molecule has 0 atom stereocenters. The van der Waals surface area contributed by atoms with E-state index in [2.05, 4.69) is 4.98 Å². The lowest BCUT2D eigenvalue weighted by molar-refractivity contribution is 0.589. The molecule has 3 heteroatoms. The zero-order valence-corrected chi connectivity index (χ0v) is 10.6. The van der Waals surface area contributed by atoms with Crippen molar-refractivity contribution in [2.24, 2.45) is 0 Å². The second-order valence-corrected chi connectivity index (χ2v) is 4.53. The molecule has 0 saturated heterocycles. The maximum Gasteiger partial charge on any atom is 0.226 e. The van der Waals surface area contributed by atoms with Crippen LogP contribution in [-0.2, 0) is 0 Å². The second kappa shape index (κ2) is 4.61. The molecule has 2 N–H and O–H groups in total. The normalized spacial score (nSPS) is 10.6. The molecule has 0 aliphatic carbocycles. The Labute approximate surface area is 111 Å². The quantitative estimate of drug-likeness (QED) is 0.702. The van der Waals surface area contributed by atoms with Crippen molar-refractivity contribution in [1.82, 2.24) is 4.98 Å². The Morgan fingerprint density at radius 1 is 1.00 bits per heavy atom. The average Bonchev–Trinajstić information content (AvgIpc) is 2.88. The Morgan fingerprint density at radius 2 is 1.79 bits per heavy atom. The Bertz CT molecular complexity index is 682. The van der Waals surface area contributed by atoms with Gasteiger partial charge in [-0.05, 0) is 30.7 Å². The highest BCUT2D eigenvalue weighted by molar-refractivity contribution is 5.64. The number of anilines is 1. The topological polar surface area (TPSA) is 52.0 Å². The van der Waals surface area contributed by atoms with Crippen LogP contribution in [0.25, 0.3) is 22.8 Å². The number of nitrogens with two attached hydrogens (primary N) is 1. The van der Waals surface area contributed by atoms with Gasteiger partial charge in [-0.2, -0.15) is 0 Å². The van der Waals surface area contributed by atoms with Gasteiger partial charge in [-0.15, -0.1) is 0 Å². The molecular formula is C16H14N2O. The van der Waals surface area contributed by atoms with Gasteiger partial charge in [0.25, 0.3) is 0 Å². The number of benzene rings is 2. The minimum atomic E-state index is 0.592. The van der Waals surface area contributed by atoms with Crippen molar-refractivity contribution in [3.8, 4) is 22.8 Å². The van der Waals surface area contributed by atoms with Gasteiger partial charge in [-0.25, -0.2) is 4.98 Å². The lowest BCUT2D eigenvalue weighted by Gasteiger charge is -2.01. The number of nitrogens with zero attached hydrogens (tertiary/aromatic N) is 1. The monoisotopic (exact) mass is 250 g/mol. The average molecular weight is 250 g/mol. The predicted molar refractivity (Wildman–Crippen MR) is 76.5 cm³/mol. The molecule has 0 aliphatic rings. The summed E-state index contributed by atoms with van der Waals surface area (Å²) in [5, 5.41) is 0. The van der Waals surface area contributed by atoms with Crippen LogP contribution in [0.5, 0.6) is 0 Å². The maximum absolute atomic E-state index is 5.85. The summed E-state index contributed by atoms with van der Waals surface area (Å²) in [7, 11) is 0. The summed E-state index contributed by atoms with van der Waals surface area (Å²) in [4.78, 5) is 4.32. The summed E-state index contributed by atoms with van der Waals surface area (Å²) >= 11 is 0. The van der Waals surface area contributed by atoms with Crippen LogP contribution in [0.15, 0.2) is 59.1 Å². The first-order chi connectivity index (χ1) is 9.22. The van der Waals surface area contributed by atoms with E-state index in [0.29, 0.717) is 5.89 Å². The van der Waals surface area contributed by atoms with E-state index < -0.39 is 0 Å². The van der Waals surface area contributed by atoms with Gasteiger partial charge in [0.05, 0.1) is 6.20 Å². The number of aromatic nitrogens is 1. The summed E-state index contributed by atoms with van der Waals surface area (Å²) in [5.74, 6) is 1.35. The summed E-state index contributed by atoms with van der Waals surface area (Å²) < 4.78 is 5.80. The molecule has 0 spiro atoms. The largest absolute Gasteiger partial charge is 0.436 e. The molecule has 3 rings (SSSR count). The van der Waals surface area contributed by atoms with E-state index in [9.17, 15) is 0 Å². The maximum atomic E-state index is 5.85. The minimum absolute atomic E-state index is 0.592. The number of hydrogen-bond donors (Lipinski definition) is 1. The van der Waals surface area contributed by atoms with Crippen LogP contribution in [-0.4, -0.2) is 4.98 Å². The fourth-order valence-electron chi connectivity index (χ4n) is 2.08. The van der Waals surface area contributed by atoms with Gasteiger partial charge in [-0.1, -0.05) is 30.3 Å². The molecule has 0 unspecified atom stereocenters. The number of aryl methyl sites for hydroxylation is 1. The molecule has 1 heterocycles. The fraction of sp³-hybridized carbons (Fsp3) is 0.0625. The molecule has 0 aliphatic heterocycles. The zero-order chi connectivity index (χ0) is 13.2. The molecule has 2 aromatic carbocycles. The Balaban J connectivity index is 2.02. The summed E-state index contributed by atoms with van der Waals surface area (Å²) in [6, 6.07) is 15.7. The molecular weight excluding hydrogens is 236 g/mol. The SMILES string of the molecule is Cc1cc(N)cc(-c2ncc(-c3ccccc3)o2)c1. The summed E-state index contributed by atoms with van der Waals surface area (Å²) in [5.41, 5.74) is 9.57. The van der Waals surface area contributed by atoms with Gasteiger partial charge in [0.1, 0.15) is 0 Å². The zero-order valence-electron chi connectivity index (χ0n) is 10.6. The number of hydrogen-bond acceptors (Lipinski definition) is 3. The van der Waals surface area contributed by atoms with Crippen LogP contribution in [0.2, 0.25) is 0 Å². The Morgan fingerprint density at radius 3 is 2.53 bits per heavy atom. The first-order valence-electron chi connectivity index (χ1n) is 6.11. The number of rotatable bonds is 2.